The van der Waals surface area contributed by atoms with E-state index in [-0.39, 0.29) is 0 Å². The van der Waals surface area contributed by atoms with E-state index in [0.717, 1.165) is 24.3 Å². The monoisotopic (exact) mass is 163 g/mol. The van der Waals surface area contributed by atoms with Crippen molar-refractivity contribution in [1.29, 1.82) is 0 Å². The molecule has 3 N–H and O–H groups in total. The first-order valence-electron chi connectivity index (χ1n) is 3.81. The fourth-order valence-corrected chi connectivity index (χ4v) is 1.30. The Morgan fingerprint density at radius 1 is 1.58 bits per heavy atom. The Bertz CT molecular complexity index is 335. The number of primary amides is 1. The third-order valence-electron chi connectivity index (χ3n) is 1.92. The topological polar surface area (TPSA) is 68.0 Å². The molecule has 0 saturated carbocycles. The highest BCUT2D eigenvalue weighted by atomic mass is 16.1. The summed E-state index contributed by atoms with van der Waals surface area (Å²) < 4.78 is 0. The average Bonchev–Trinajstić information content (AvgIpc) is 2.49. The molecule has 0 aliphatic carbocycles. The molecule has 0 saturated heterocycles. The summed E-state index contributed by atoms with van der Waals surface area (Å²) in [5, 5.41) is 3.08. The number of fused-ring (bicyclic) bond motifs is 1. The van der Waals surface area contributed by atoms with Crippen LogP contribution in [-0.2, 0) is 6.42 Å². The Labute approximate surface area is 69.8 Å². The lowest BCUT2D eigenvalue weighted by Gasteiger charge is -1.99. The van der Waals surface area contributed by atoms with Crippen molar-refractivity contribution in [2.75, 3.05) is 11.9 Å². The molecule has 0 spiro atoms. The van der Waals surface area contributed by atoms with Crippen molar-refractivity contribution < 1.29 is 4.79 Å². The Kier molecular flexibility index (Phi) is 1.46. The summed E-state index contributed by atoms with van der Waals surface area (Å²) in [5.74, 6) is 0.317. The van der Waals surface area contributed by atoms with Crippen LogP contribution in [0.4, 0.5) is 5.82 Å². The van der Waals surface area contributed by atoms with E-state index >= 15 is 0 Å². The van der Waals surface area contributed by atoms with Crippen LogP contribution < -0.4 is 11.1 Å². The van der Waals surface area contributed by atoms with Gasteiger partial charge in [0, 0.05) is 6.54 Å². The third-order valence-corrected chi connectivity index (χ3v) is 1.92. The molecule has 1 amide bonds. The summed E-state index contributed by atoms with van der Waals surface area (Å²) in [6.45, 7) is 0.893. The second-order valence-corrected chi connectivity index (χ2v) is 2.75. The van der Waals surface area contributed by atoms with Gasteiger partial charge in [-0.2, -0.15) is 0 Å². The van der Waals surface area contributed by atoms with Gasteiger partial charge in [0.25, 0.3) is 5.91 Å². The molecule has 1 aliphatic rings. The molecule has 0 bridgehead atoms. The maximum absolute atomic E-state index is 10.7. The van der Waals surface area contributed by atoms with E-state index in [1.807, 2.05) is 6.07 Å². The minimum Gasteiger partial charge on any atom is -0.369 e. The first-order chi connectivity index (χ1) is 5.77. The number of nitrogens with zero attached hydrogens (tertiary/aromatic N) is 1. The molecular formula is C8H9N3O. The van der Waals surface area contributed by atoms with E-state index in [1.165, 1.54) is 0 Å². The highest BCUT2D eigenvalue weighted by molar-refractivity contribution is 5.91. The Hall–Kier alpha value is -1.58. The smallest absolute Gasteiger partial charge is 0.267 e. The molecule has 1 aliphatic heterocycles. The van der Waals surface area contributed by atoms with Gasteiger partial charge in [-0.05, 0) is 18.1 Å². The number of carbonyl (C=O) groups excluding carboxylic acids is 1. The van der Waals surface area contributed by atoms with Crippen molar-refractivity contribution in [3.63, 3.8) is 0 Å². The fourth-order valence-electron chi connectivity index (χ4n) is 1.30. The first kappa shape index (κ1) is 7.09. The van der Waals surface area contributed by atoms with Gasteiger partial charge in [-0.25, -0.2) is 4.98 Å². The number of amides is 1. The van der Waals surface area contributed by atoms with Gasteiger partial charge in [-0.15, -0.1) is 0 Å². The molecule has 4 heteroatoms. The molecule has 0 atom stereocenters. The molecule has 1 aromatic heterocycles. The van der Waals surface area contributed by atoms with Crippen molar-refractivity contribution in [3.05, 3.63) is 23.4 Å². The van der Waals surface area contributed by atoms with Crippen LogP contribution >= 0.6 is 0 Å². The zero-order valence-corrected chi connectivity index (χ0v) is 6.50. The molecular weight excluding hydrogens is 154 g/mol. The maximum Gasteiger partial charge on any atom is 0.267 e. The van der Waals surface area contributed by atoms with Gasteiger partial charge in [0.2, 0.25) is 0 Å². The Morgan fingerprint density at radius 2 is 2.42 bits per heavy atom. The highest BCUT2D eigenvalue weighted by Gasteiger charge is 2.12. The number of nitrogens with one attached hydrogen (secondary N) is 1. The van der Waals surface area contributed by atoms with Crippen molar-refractivity contribution in [3.8, 4) is 0 Å². The number of anilines is 1. The largest absolute Gasteiger partial charge is 0.369 e. The summed E-state index contributed by atoms with van der Waals surface area (Å²) in [4.78, 5) is 14.8. The number of rotatable bonds is 1. The number of nitrogens with two attached hydrogens (primary N) is 1. The van der Waals surface area contributed by atoms with Gasteiger partial charge < -0.3 is 11.1 Å². The average molecular weight is 163 g/mol. The normalized spacial score (nSPS) is 13.7. The summed E-state index contributed by atoms with van der Waals surface area (Å²) in [5.41, 5.74) is 6.55. The molecule has 0 fully saturated rings. The SMILES string of the molecule is NC(=O)c1ccc2c(n1)NCC2. The quantitative estimate of drug-likeness (QED) is 0.619. The van der Waals surface area contributed by atoms with Crippen molar-refractivity contribution >= 4 is 11.7 Å². The summed E-state index contributed by atoms with van der Waals surface area (Å²) in [6, 6.07) is 3.55. The predicted molar refractivity (Wildman–Crippen MR) is 44.9 cm³/mol. The van der Waals surface area contributed by atoms with E-state index in [0.29, 0.717) is 5.69 Å². The molecule has 0 unspecified atom stereocenters. The lowest BCUT2D eigenvalue weighted by molar-refractivity contribution is 0.0995. The van der Waals surface area contributed by atoms with Gasteiger partial charge in [-0.1, -0.05) is 6.07 Å². The Balaban J connectivity index is 2.45. The number of hydrogen-bond acceptors (Lipinski definition) is 3. The second-order valence-electron chi connectivity index (χ2n) is 2.75. The van der Waals surface area contributed by atoms with Gasteiger partial charge in [0.15, 0.2) is 0 Å². The lowest BCUT2D eigenvalue weighted by Crippen LogP contribution is -2.13. The molecule has 2 rings (SSSR count). The summed E-state index contributed by atoms with van der Waals surface area (Å²) >= 11 is 0. The van der Waals surface area contributed by atoms with Crippen LogP contribution in [0.15, 0.2) is 12.1 Å². The molecule has 0 aromatic carbocycles. The molecule has 62 valence electrons. The number of carbonyl (C=O) groups is 1. The highest BCUT2D eigenvalue weighted by Crippen LogP contribution is 2.18. The van der Waals surface area contributed by atoms with Crippen LogP contribution in [0.2, 0.25) is 0 Å². The Morgan fingerprint density at radius 3 is 3.17 bits per heavy atom. The van der Waals surface area contributed by atoms with Crippen LogP contribution in [0, 0.1) is 0 Å². The van der Waals surface area contributed by atoms with Gasteiger partial charge in [0.1, 0.15) is 11.5 Å². The molecule has 0 radical (unpaired) electrons. The second kappa shape index (κ2) is 2.48. The number of hydrogen-bond donors (Lipinski definition) is 2. The van der Waals surface area contributed by atoms with Crippen LogP contribution in [0.25, 0.3) is 0 Å². The van der Waals surface area contributed by atoms with Crippen molar-refractivity contribution in [2.24, 2.45) is 5.73 Å². The zero-order valence-electron chi connectivity index (χ0n) is 6.50. The van der Waals surface area contributed by atoms with E-state index in [2.05, 4.69) is 10.3 Å². The van der Waals surface area contributed by atoms with Gasteiger partial charge in [-0.3, -0.25) is 4.79 Å². The van der Waals surface area contributed by atoms with Crippen LogP contribution in [0.5, 0.6) is 0 Å². The van der Waals surface area contributed by atoms with E-state index in [4.69, 9.17) is 5.73 Å². The van der Waals surface area contributed by atoms with Crippen LogP contribution in [0.1, 0.15) is 16.1 Å². The van der Waals surface area contributed by atoms with Gasteiger partial charge >= 0.3 is 0 Å². The molecule has 12 heavy (non-hydrogen) atoms. The maximum atomic E-state index is 10.7. The molecule has 4 nitrogen and oxygen atoms in total. The number of pyridine rings is 1. The van der Waals surface area contributed by atoms with E-state index < -0.39 is 5.91 Å². The predicted octanol–water partition coefficient (Wildman–Crippen LogP) is 0.148. The first-order valence-corrected chi connectivity index (χ1v) is 3.81. The summed E-state index contributed by atoms with van der Waals surface area (Å²) in [6.07, 6.45) is 0.974. The lowest BCUT2D eigenvalue weighted by atomic mass is 10.2. The third kappa shape index (κ3) is 1.01. The van der Waals surface area contributed by atoms with Crippen molar-refractivity contribution in [2.45, 2.75) is 6.42 Å². The van der Waals surface area contributed by atoms with Gasteiger partial charge in [0.05, 0.1) is 0 Å². The van der Waals surface area contributed by atoms with Crippen LogP contribution in [-0.4, -0.2) is 17.4 Å². The fraction of sp³-hybridized carbons (Fsp3) is 0.250. The van der Waals surface area contributed by atoms with Crippen LogP contribution in [0.3, 0.4) is 0 Å². The number of aromatic nitrogens is 1. The minimum absolute atomic E-state index is 0.322. The van der Waals surface area contributed by atoms with Crippen molar-refractivity contribution in [1.82, 2.24) is 4.98 Å². The summed E-state index contributed by atoms with van der Waals surface area (Å²) in [7, 11) is 0. The standard InChI is InChI=1S/C8H9N3O/c9-7(12)6-2-1-5-3-4-10-8(5)11-6/h1-2H,3-4H2,(H2,9,12)(H,10,11). The van der Waals surface area contributed by atoms with E-state index in [9.17, 15) is 4.79 Å². The molecule has 2 heterocycles. The van der Waals surface area contributed by atoms with E-state index in [1.54, 1.807) is 6.07 Å². The molecule has 1 aromatic rings. The zero-order chi connectivity index (χ0) is 8.55. The minimum atomic E-state index is -0.480.